The summed E-state index contributed by atoms with van der Waals surface area (Å²) in [4.78, 5) is 29.4. The number of aliphatic hydroxyl groups is 1. The van der Waals surface area contributed by atoms with Crippen LogP contribution in [0.15, 0.2) is 9.98 Å². The van der Waals surface area contributed by atoms with E-state index in [4.69, 9.17) is 14.9 Å². The van der Waals surface area contributed by atoms with Crippen LogP contribution in [0.25, 0.3) is 0 Å². The fourth-order valence-corrected chi connectivity index (χ4v) is 14.0. The van der Waals surface area contributed by atoms with E-state index in [2.05, 4.69) is 15.3 Å². The van der Waals surface area contributed by atoms with Gasteiger partial charge in [0, 0.05) is 58.9 Å². The number of amides is 1. The van der Waals surface area contributed by atoms with E-state index >= 15 is 0 Å². The second-order valence-electron chi connectivity index (χ2n) is 5.48. The van der Waals surface area contributed by atoms with Gasteiger partial charge in [-0.15, -0.1) is 106 Å². The van der Waals surface area contributed by atoms with Crippen molar-refractivity contribution in [3.8, 4) is 0 Å². The van der Waals surface area contributed by atoms with Crippen LogP contribution in [0, 0.1) is 0 Å². The highest BCUT2D eigenvalue weighted by atomic mass is 32.3. The van der Waals surface area contributed by atoms with Crippen molar-refractivity contribution in [3.05, 3.63) is 0 Å². The van der Waals surface area contributed by atoms with Crippen LogP contribution in [-0.2, 0) is 21.0 Å². The Balaban J connectivity index is 3.23. The first kappa shape index (κ1) is 39.7. The number of thioether (sulfide) groups is 11. The molecule has 0 radical (unpaired) electrons. The van der Waals surface area contributed by atoms with E-state index in [1.165, 1.54) is 47.2 Å². The number of nitrogens with one attached hydrogen (secondary N) is 1. The van der Waals surface area contributed by atoms with E-state index in [0.717, 1.165) is 40.7 Å². The lowest BCUT2D eigenvalue weighted by Crippen LogP contribution is -2.17. The molecular formula is C17H33N3O5S12. The minimum Gasteiger partial charge on any atom is -0.610 e. The van der Waals surface area contributed by atoms with Crippen LogP contribution in [0.3, 0.4) is 0 Å². The number of carbonyl (C=O) groups excluding carboxylic acids is 1. The summed E-state index contributed by atoms with van der Waals surface area (Å²) in [6, 6.07) is 0. The Morgan fingerprint density at radius 3 is 2.22 bits per heavy atom. The van der Waals surface area contributed by atoms with E-state index in [1.807, 2.05) is 47.0 Å². The molecule has 0 rings (SSSR count). The lowest BCUT2D eigenvalue weighted by atomic mass is 11.2. The zero-order valence-corrected chi connectivity index (χ0v) is 30.0. The minimum atomic E-state index is -0.958. The van der Waals surface area contributed by atoms with Gasteiger partial charge in [0.25, 0.3) is 5.24 Å². The molecule has 0 aliphatic rings. The fraction of sp³-hybridized carbons (Fsp3) is 0.824. The zero-order chi connectivity index (χ0) is 27.1. The van der Waals surface area contributed by atoms with Crippen LogP contribution in [0.2, 0.25) is 0 Å². The molecule has 0 aliphatic heterocycles. The Hall–Kier alpha value is 2.69. The Bertz CT molecular complexity index is 560. The molecule has 0 aromatic heterocycles. The molecule has 1 amide bonds. The largest absolute Gasteiger partial charge is 0.610 e. The highest BCUT2D eigenvalue weighted by Crippen LogP contribution is 2.24. The monoisotopic (exact) mass is 743 g/mol. The molecule has 0 saturated heterocycles. The molecule has 2 N–H and O–H groups in total. The third-order valence-corrected chi connectivity index (χ3v) is 16.8. The highest BCUT2D eigenvalue weighted by Gasteiger charge is 2.03. The summed E-state index contributed by atoms with van der Waals surface area (Å²) >= 11 is 17.5. The van der Waals surface area contributed by atoms with Crippen LogP contribution >= 0.6 is 129 Å². The molecule has 0 fully saturated rings. The first-order valence-corrected chi connectivity index (χ1v) is 24.0. The number of hydrogen-bond donors (Lipinski definition) is 2. The van der Waals surface area contributed by atoms with Crippen molar-refractivity contribution in [2.75, 3.05) is 76.4 Å². The molecule has 0 aromatic rings. The van der Waals surface area contributed by atoms with Gasteiger partial charge in [-0.25, -0.2) is 4.99 Å². The van der Waals surface area contributed by atoms with Crippen molar-refractivity contribution < 1.29 is 24.2 Å². The van der Waals surface area contributed by atoms with Gasteiger partial charge < -0.3 is 19.9 Å². The number of aliphatic hydroxyl groups excluding tert-OH is 1. The molecule has 0 aliphatic carbocycles. The molecule has 0 aromatic carbocycles. The van der Waals surface area contributed by atoms with Gasteiger partial charge in [0.05, 0.1) is 17.7 Å². The quantitative estimate of drug-likeness (QED) is 0.0171. The van der Waals surface area contributed by atoms with Crippen LogP contribution in [-0.4, -0.2) is 103 Å². The topological polar surface area (TPSA) is 116 Å². The van der Waals surface area contributed by atoms with Crippen LogP contribution in [0.5, 0.6) is 0 Å². The van der Waals surface area contributed by atoms with Crippen LogP contribution < -0.4 is 5.32 Å². The molecule has 1 atom stereocenters. The van der Waals surface area contributed by atoms with Crippen molar-refractivity contribution in [1.29, 1.82) is 0 Å². The molecule has 8 nitrogen and oxygen atoms in total. The number of aliphatic imine (C=N–C) groups is 2. The van der Waals surface area contributed by atoms with Crippen LogP contribution in [0.4, 0.5) is 4.79 Å². The molecule has 20 heteroatoms. The lowest BCUT2D eigenvalue weighted by molar-refractivity contribution is -0.196. The molecular weight excluding hydrogens is 711 g/mol. The summed E-state index contributed by atoms with van der Waals surface area (Å²) in [7, 11) is 1.63. The number of carbonyl (C=O) groups is 1. The second kappa shape index (κ2) is 34.9. The van der Waals surface area contributed by atoms with Crippen molar-refractivity contribution in [3.63, 3.8) is 0 Å². The van der Waals surface area contributed by atoms with Gasteiger partial charge in [-0.05, 0) is 0 Å². The summed E-state index contributed by atoms with van der Waals surface area (Å²) in [6.45, 7) is 0. The Kier molecular flexibility index (Phi) is 37.4. The second-order valence-corrected chi connectivity index (χ2v) is 20.7. The summed E-state index contributed by atoms with van der Waals surface area (Å²) in [6.07, 6.45) is 1.31. The molecule has 0 bridgehead atoms. The maximum Gasteiger partial charge on any atom is 0.280 e. The molecule has 37 heavy (non-hydrogen) atoms. The Morgan fingerprint density at radius 1 is 0.892 bits per heavy atom. The average Bonchev–Trinajstić information content (AvgIpc) is 2.89. The van der Waals surface area contributed by atoms with E-state index in [0.29, 0.717) is 22.8 Å². The van der Waals surface area contributed by atoms with E-state index in [9.17, 15) is 9.35 Å². The van der Waals surface area contributed by atoms with E-state index in [-0.39, 0.29) is 11.2 Å². The lowest BCUT2D eigenvalue weighted by Gasteiger charge is -2.05. The fourth-order valence-electron chi connectivity index (χ4n) is 1.46. The summed E-state index contributed by atoms with van der Waals surface area (Å²) in [5, 5.41) is 19.5. The van der Waals surface area contributed by atoms with Gasteiger partial charge in [-0.2, -0.15) is 4.89 Å². The SMILES string of the molecule is C/N=C/[S+]([O-])CSCSCSCSCSC(=O)NCSCSCSCSC/N=C/OOCSCSCO. The van der Waals surface area contributed by atoms with Crippen molar-refractivity contribution in [1.82, 2.24) is 5.32 Å². The Morgan fingerprint density at radius 2 is 1.51 bits per heavy atom. The first-order chi connectivity index (χ1) is 18.2. The number of hydrogen-bond acceptors (Lipinski definition) is 18. The Labute approximate surface area is 270 Å². The molecule has 0 heterocycles. The summed E-state index contributed by atoms with van der Waals surface area (Å²) in [5.41, 5.74) is 1.48. The molecule has 0 saturated carbocycles. The minimum absolute atomic E-state index is 0.0320. The van der Waals surface area contributed by atoms with Gasteiger partial charge in [0.2, 0.25) is 11.9 Å². The van der Waals surface area contributed by atoms with Crippen molar-refractivity contribution in [2.45, 2.75) is 0 Å². The molecule has 0 spiro atoms. The molecule has 1 unspecified atom stereocenters. The van der Waals surface area contributed by atoms with Gasteiger partial charge >= 0.3 is 0 Å². The van der Waals surface area contributed by atoms with Gasteiger partial charge in [-0.1, -0.05) is 23.5 Å². The highest BCUT2D eigenvalue weighted by molar-refractivity contribution is 8.31. The standard InChI is InChI=1S/C17H33N3O5S12/c1-18-5-37(23)16-35-14-33-12-32-13-34-15-36-17(22)20-4-27-9-31-11-30-8-26-3-19-2-24-25-7-29-10-28-6-21/h2,5,21H,3-4,6-16H2,1H3,(H,20,22)/b18-5+,19-2+. The van der Waals surface area contributed by atoms with Gasteiger partial charge in [0.1, 0.15) is 5.94 Å². The van der Waals surface area contributed by atoms with Gasteiger partial charge in [-0.3, -0.25) is 9.79 Å². The number of nitrogens with zero attached hydrogens (tertiary/aromatic N) is 2. The number of rotatable bonds is 28. The third kappa shape index (κ3) is 34.8. The third-order valence-electron chi connectivity index (χ3n) is 2.76. The summed E-state index contributed by atoms with van der Waals surface area (Å²) in [5.74, 6) is 1.78. The normalized spacial score (nSPS) is 12.5. The zero-order valence-electron chi connectivity index (χ0n) is 20.2. The maximum absolute atomic E-state index is 11.8. The van der Waals surface area contributed by atoms with Gasteiger partial charge in [0.15, 0.2) is 5.08 Å². The van der Waals surface area contributed by atoms with Crippen LogP contribution in [0.1, 0.15) is 0 Å². The first-order valence-electron chi connectivity index (χ1n) is 10.1. The predicted octanol–water partition coefficient (Wildman–Crippen LogP) is 6.58. The molecule has 218 valence electrons. The average molecular weight is 744 g/mol. The predicted molar refractivity (Wildman–Crippen MR) is 191 cm³/mol. The van der Waals surface area contributed by atoms with Crippen molar-refractivity contribution >= 4 is 158 Å². The maximum atomic E-state index is 11.8. The van der Waals surface area contributed by atoms with E-state index in [1.54, 1.807) is 54.1 Å². The summed E-state index contributed by atoms with van der Waals surface area (Å²) < 4.78 is 11.4. The van der Waals surface area contributed by atoms with Crippen molar-refractivity contribution in [2.24, 2.45) is 9.98 Å². The smallest absolute Gasteiger partial charge is 0.280 e. The van der Waals surface area contributed by atoms with E-state index < -0.39 is 11.2 Å².